The fourth-order valence-electron chi connectivity index (χ4n) is 1.75. The van der Waals surface area contributed by atoms with Crippen molar-refractivity contribution in [2.24, 2.45) is 0 Å². The zero-order chi connectivity index (χ0) is 9.26. The van der Waals surface area contributed by atoms with Gasteiger partial charge >= 0.3 is 0 Å². The fraction of sp³-hybridized carbons (Fsp3) is 0.400. The highest BCUT2D eigenvalue weighted by atomic mass is 32.2. The third-order valence-electron chi connectivity index (χ3n) is 2.34. The lowest BCUT2D eigenvalue weighted by Gasteiger charge is -2.10. The lowest BCUT2D eigenvalue weighted by Crippen LogP contribution is -2.16. The van der Waals surface area contributed by atoms with Gasteiger partial charge in [-0.3, -0.25) is 0 Å². The number of rotatable bonds is 2. The Bertz CT molecular complexity index is 312. The second kappa shape index (κ2) is 3.60. The van der Waals surface area contributed by atoms with Crippen LogP contribution in [0, 0.1) is 0 Å². The molecule has 2 nitrogen and oxygen atoms in total. The van der Waals surface area contributed by atoms with E-state index in [1.807, 2.05) is 24.9 Å². The Morgan fingerprint density at radius 1 is 1.62 bits per heavy atom. The van der Waals surface area contributed by atoms with Gasteiger partial charge in [0.15, 0.2) is 0 Å². The molecule has 1 heterocycles. The topological polar surface area (TPSA) is 32.3 Å². The quantitative estimate of drug-likeness (QED) is 0.754. The zero-order valence-corrected chi connectivity index (χ0v) is 8.40. The Balaban J connectivity index is 2.34. The van der Waals surface area contributed by atoms with E-state index < -0.39 is 0 Å². The van der Waals surface area contributed by atoms with E-state index in [1.165, 1.54) is 4.90 Å². The van der Waals surface area contributed by atoms with Crippen molar-refractivity contribution in [1.82, 2.24) is 5.32 Å². The van der Waals surface area contributed by atoms with E-state index in [1.54, 1.807) is 6.07 Å². The van der Waals surface area contributed by atoms with Crippen molar-refractivity contribution in [2.45, 2.75) is 10.8 Å². The van der Waals surface area contributed by atoms with Crippen molar-refractivity contribution in [3.05, 3.63) is 23.8 Å². The summed E-state index contributed by atoms with van der Waals surface area (Å²) < 4.78 is 0. The molecule has 70 valence electrons. The summed E-state index contributed by atoms with van der Waals surface area (Å²) in [6.45, 7) is 0.942. The third-order valence-corrected chi connectivity index (χ3v) is 3.58. The first-order valence-corrected chi connectivity index (χ1v) is 5.40. The van der Waals surface area contributed by atoms with Crippen LogP contribution in [0.2, 0.25) is 0 Å². The van der Waals surface area contributed by atoms with Gasteiger partial charge in [-0.2, -0.15) is 0 Å². The highest BCUT2D eigenvalue weighted by Crippen LogP contribution is 2.43. The van der Waals surface area contributed by atoms with Crippen LogP contribution in [-0.2, 0) is 0 Å². The van der Waals surface area contributed by atoms with Crippen LogP contribution >= 0.6 is 11.8 Å². The molecular weight excluding hydrogens is 182 g/mol. The van der Waals surface area contributed by atoms with E-state index in [4.69, 9.17) is 0 Å². The van der Waals surface area contributed by atoms with Gasteiger partial charge in [0.2, 0.25) is 0 Å². The SMILES string of the molecule is CNCC1CSc2cccc(O)c21. The molecule has 1 aliphatic rings. The summed E-state index contributed by atoms with van der Waals surface area (Å²) >= 11 is 1.83. The number of fused-ring (bicyclic) bond motifs is 1. The maximum Gasteiger partial charge on any atom is 0.120 e. The molecule has 1 unspecified atom stereocenters. The first-order chi connectivity index (χ1) is 6.33. The summed E-state index contributed by atoms with van der Waals surface area (Å²) in [7, 11) is 1.95. The molecule has 1 aromatic carbocycles. The Morgan fingerprint density at radius 2 is 2.46 bits per heavy atom. The van der Waals surface area contributed by atoms with Gasteiger partial charge in [-0.25, -0.2) is 0 Å². The molecule has 0 amide bonds. The predicted molar refractivity (Wildman–Crippen MR) is 55.5 cm³/mol. The summed E-state index contributed by atoms with van der Waals surface area (Å²) in [5.74, 6) is 1.99. The van der Waals surface area contributed by atoms with Crippen LogP contribution in [0.4, 0.5) is 0 Å². The van der Waals surface area contributed by atoms with E-state index in [0.29, 0.717) is 11.7 Å². The number of benzene rings is 1. The summed E-state index contributed by atoms with van der Waals surface area (Å²) in [6, 6.07) is 5.76. The van der Waals surface area contributed by atoms with Crippen LogP contribution in [0.15, 0.2) is 23.1 Å². The molecule has 0 aromatic heterocycles. The number of aromatic hydroxyl groups is 1. The van der Waals surface area contributed by atoms with Gasteiger partial charge in [0.05, 0.1) is 0 Å². The molecular formula is C10H13NOS. The Morgan fingerprint density at radius 3 is 3.23 bits per heavy atom. The van der Waals surface area contributed by atoms with Crippen molar-refractivity contribution in [3.63, 3.8) is 0 Å². The lowest BCUT2D eigenvalue weighted by molar-refractivity contribution is 0.460. The first-order valence-electron chi connectivity index (χ1n) is 4.42. The zero-order valence-electron chi connectivity index (χ0n) is 7.58. The van der Waals surface area contributed by atoms with E-state index in [0.717, 1.165) is 17.9 Å². The predicted octanol–water partition coefficient (Wildman–Crippen LogP) is 1.80. The molecule has 3 heteroatoms. The van der Waals surface area contributed by atoms with Gasteiger partial charge in [-0.1, -0.05) is 6.07 Å². The largest absolute Gasteiger partial charge is 0.508 e. The van der Waals surface area contributed by atoms with E-state index in [-0.39, 0.29) is 0 Å². The van der Waals surface area contributed by atoms with Crippen LogP contribution in [0.3, 0.4) is 0 Å². The van der Waals surface area contributed by atoms with E-state index >= 15 is 0 Å². The maximum absolute atomic E-state index is 9.69. The van der Waals surface area contributed by atoms with E-state index in [9.17, 15) is 5.11 Å². The van der Waals surface area contributed by atoms with Gasteiger partial charge in [-0.15, -0.1) is 11.8 Å². The Kier molecular flexibility index (Phi) is 2.47. The standard InChI is InChI=1S/C10H13NOS/c1-11-5-7-6-13-9-4-2-3-8(12)10(7)9/h2-4,7,11-12H,5-6H2,1H3. The van der Waals surface area contributed by atoms with E-state index in [2.05, 4.69) is 11.4 Å². The summed E-state index contributed by atoms with van der Waals surface area (Å²) in [4.78, 5) is 1.24. The van der Waals surface area contributed by atoms with Gasteiger partial charge in [0.25, 0.3) is 0 Å². The summed E-state index contributed by atoms with van der Waals surface area (Å²) in [5.41, 5.74) is 1.13. The van der Waals surface area contributed by atoms with Crippen LogP contribution in [-0.4, -0.2) is 24.5 Å². The van der Waals surface area contributed by atoms with Crippen molar-refractivity contribution < 1.29 is 5.11 Å². The van der Waals surface area contributed by atoms with Crippen LogP contribution < -0.4 is 5.32 Å². The monoisotopic (exact) mass is 195 g/mol. The lowest BCUT2D eigenvalue weighted by atomic mass is 10.0. The molecule has 2 rings (SSSR count). The molecule has 0 fully saturated rings. The minimum absolute atomic E-state index is 0.447. The number of phenolic OH excluding ortho intramolecular Hbond substituents is 1. The third kappa shape index (κ3) is 1.54. The van der Waals surface area contributed by atoms with Crippen LogP contribution in [0.1, 0.15) is 11.5 Å². The number of hydrogen-bond acceptors (Lipinski definition) is 3. The molecule has 0 radical (unpaired) electrons. The van der Waals surface area contributed by atoms with Crippen molar-refractivity contribution in [3.8, 4) is 5.75 Å². The highest BCUT2D eigenvalue weighted by molar-refractivity contribution is 7.99. The Labute approximate surface area is 82.4 Å². The molecule has 0 bridgehead atoms. The second-order valence-electron chi connectivity index (χ2n) is 3.25. The molecule has 0 saturated carbocycles. The molecule has 13 heavy (non-hydrogen) atoms. The molecule has 2 N–H and O–H groups in total. The van der Waals surface area contributed by atoms with Crippen LogP contribution in [0.5, 0.6) is 5.75 Å². The molecule has 0 aliphatic carbocycles. The van der Waals surface area contributed by atoms with Crippen molar-refractivity contribution in [1.29, 1.82) is 0 Å². The maximum atomic E-state index is 9.69. The number of nitrogens with one attached hydrogen (secondary N) is 1. The van der Waals surface area contributed by atoms with Gasteiger partial charge in [-0.05, 0) is 19.2 Å². The molecule has 0 spiro atoms. The number of thioether (sulfide) groups is 1. The van der Waals surface area contributed by atoms with Crippen molar-refractivity contribution in [2.75, 3.05) is 19.3 Å². The summed E-state index contributed by atoms with van der Waals surface area (Å²) in [6.07, 6.45) is 0. The molecule has 1 atom stereocenters. The molecule has 1 aromatic rings. The number of likely N-dealkylation sites (N-methyl/N-ethyl adjacent to an activating group) is 1. The van der Waals surface area contributed by atoms with Gasteiger partial charge in [0, 0.05) is 28.7 Å². The average Bonchev–Trinajstić information content (AvgIpc) is 2.51. The minimum Gasteiger partial charge on any atom is -0.508 e. The normalized spacial score (nSPS) is 20.2. The van der Waals surface area contributed by atoms with Gasteiger partial charge in [0.1, 0.15) is 5.75 Å². The average molecular weight is 195 g/mol. The number of hydrogen-bond donors (Lipinski definition) is 2. The molecule has 0 saturated heterocycles. The smallest absolute Gasteiger partial charge is 0.120 e. The second-order valence-corrected chi connectivity index (χ2v) is 4.32. The van der Waals surface area contributed by atoms with Gasteiger partial charge < -0.3 is 10.4 Å². The molecule has 1 aliphatic heterocycles. The Hall–Kier alpha value is -0.670. The van der Waals surface area contributed by atoms with Crippen LogP contribution in [0.25, 0.3) is 0 Å². The fourth-order valence-corrected chi connectivity index (χ4v) is 3.02. The van der Waals surface area contributed by atoms with Crippen molar-refractivity contribution >= 4 is 11.8 Å². The summed E-state index contributed by atoms with van der Waals surface area (Å²) in [5, 5.41) is 12.8. The number of phenols is 1. The minimum atomic E-state index is 0.447. The highest BCUT2D eigenvalue weighted by Gasteiger charge is 2.25. The first kappa shape index (κ1) is 8.91.